The highest BCUT2D eigenvalue weighted by molar-refractivity contribution is 5.51. The van der Waals surface area contributed by atoms with Crippen molar-refractivity contribution in [2.24, 2.45) is 0 Å². The Bertz CT molecular complexity index is 743. The van der Waals surface area contributed by atoms with E-state index in [0.29, 0.717) is 6.92 Å². The van der Waals surface area contributed by atoms with E-state index >= 15 is 0 Å². The predicted octanol–water partition coefficient (Wildman–Crippen LogP) is 2.36. The summed E-state index contributed by atoms with van der Waals surface area (Å²) in [5, 5.41) is 24.0. The van der Waals surface area contributed by atoms with Crippen LogP contribution in [0, 0.1) is 17.0 Å². The minimum absolute atomic E-state index is 0.0115. The van der Waals surface area contributed by atoms with Crippen LogP contribution in [0.2, 0.25) is 0 Å². The van der Waals surface area contributed by atoms with Gasteiger partial charge in [-0.15, -0.1) is 5.10 Å². The molecule has 24 heavy (non-hydrogen) atoms. The van der Waals surface area contributed by atoms with Crippen LogP contribution in [0.5, 0.6) is 5.88 Å². The Morgan fingerprint density at radius 1 is 1.50 bits per heavy atom. The normalized spacial score (nSPS) is 11.5. The molecule has 130 valence electrons. The van der Waals surface area contributed by atoms with E-state index in [1.165, 1.54) is 25.3 Å². The van der Waals surface area contributed by atoms with E-state index in [-0.39, 0.29) is 36.9 Å². The number of rotatable bonds is 7. The first-order valence-corrected chi connectivity index (χ1v) is 7.08. The van der Waals surface area contributed by atoms with Crippen LogP contribution in [0.15, 0.2) is 18.3 Å². The topological polar surface area (TPSA) is 103 Å². The zero-order valence-corrected chi connectivity index (χ0v) is 13.1. The van der Waals surface area contributed by atoms with Crippen molar-refractivity contribution >= 4 is 5.69 Å². The summed E-state index contributed by atoms with van der Waals surface area (Å²) in [6.07, 6.45) is 1.47. The number of ether oxygens (including phenoxy) is 1. The Morgan fingerprint density at radius 2 is 2.21 bits per heavy atom. The third-order valence-corrected chi connectivity index (χ3v) is 3.21. The molecule has 0 aromatic carbocycles. The highest BCUT2D eigenvalue weighted by atomic mass is 19.3. The minimum Gasteiger partial charge on any atom is -0.472 e. The summed E-state index contributed by atoms with van der Waals surface area (Å²) < 4.78 is 33.7. The van der Waals surface area contributed by atoms with Crippen molar-refractivity contribution in [2.75, 3.05) is 13.2 Å². The van der Waals surface area contributed by atoms with Crippen molar-refractivity contribution < 1.29 is 23.5 Å². The smallest absolute Gasteiger partial charge is 0.353 e. The van der Waals surface area contributed by atoms with Crippen molar-refractivity contribution in [3.63, 3.8) is 0 Å². The van der Waals surface area contributed by atoms with E-state index in [9.17, 15) is 18.9 Å². The third kappa shape index (κ3) is 3.48. The van der Waals surface area contributed by atoms with Gasteiger partial charge in [0.2, 0.25) is 0 Å². The van der Waals surface area contributed by atoms with Crippen molar-refractivity contribution in [2.45, 2.75) is 26.2 Å². The van der Waals surface area contributed by atoms with Crippen molar-refractivity contribution in [3.05, 3.63) is 39.8 Å². The van der Waals surface area contributed by atoms with Crippen molar-refractivity contribution in [1.82, 2.24) is 14.8 Å². The number of alkyl halides is 2. The average molecular weight is 342 g/mol. The van der Waals surface area contributed by atoms with Gasteiger partial charge in [-0.25, -0.2) is 4.68 Å². The third-order valence-electron chi connectivity index (χ3n) is 3.21. The van der Waals surface area contributed by atoms with Crippen LogP contribution in [0.3, 0.4) is 0 Å². The SMILES string of the molecule is Cc1c([N+](=O)[O-])c(OCCCO)nn1-c1cccnc1C(C)(F)F. The number of nitrogens with zero attached hydrogens (tertiary/aromatic N) is 4. The van der Waals surface area contributed by atoms with Gasteiger partial charge in [-0.1, -0.05) is 0 Å². The van der Waals surface area contributed by atoms with E-state index < -0.39 is 22.2 Å². The van der Waals surface area contributed by atoms with Crippen LogP contribution in [0.4, 0.5) is 14.5 Å². The zero-order valence-electron chi connectivity index (χ0n) is 13.1. The Balaban J connectivity index is 2.56. The molecule has 10 heteroatoms. The van der Waals surface area contributed by atoms with Crippen LogP contribution in [0.1, 0.15) is 24.7 Å². The molecule has 1 N–H and O–H groups in total. The van der Waals surface area contributed by atoms with Gasteiger partial charge in [-0.2, -0.15) is 8.78 Å². The lowest BCUT2D eigenvalue weighted by Crippen LogP contribution is -2.15. The fourth-order valence-electron chi connectivity index (χ4n) is 2.15. The summed E-state index contributed by atoms with van der Waals surface area (Å²) in [6, 6.07) is 2.78. The van der Waals surface area contributed by atoms with Crippen LogP contribution >= 0.6 is 0 Å². The Hall–Kier alpha value is -2.62. The first kappa shape index (κ1) is 17.7. The molecule has 0 radical (unpaired) electrons. The summed E-state index contributed by atoms with van der Waals surface area (Å²) in [6.45, 7) is 1.93. The first-order chi connectivity index (χ1) is 11.3. The number of aliphatic hydroxyl groups excluding tert-OH is 1. The highest BCUT2D eigenvalue weighted by Crippen LogP contribution is 2.35. The molecule has 0 aliphatic rings. The molecule has 2 aromatic heterocycles. The molecule has 0 saturated carbocycles. The van der Waals surface area contributed by atoms with Crippen molar-refractivity contribution in [3.8, 4) is 11.6 Å². The van der Waals surface area contributed by atoms with E-state index in [0.717, 1.165) is 4.68 Å². The van der Waals surface area contributed by atoms with Crippen LogP contribution in [-0.4, -0.2) is 38.0 Å². The maximum absolute atomic E-state index is 13.8. The lowest BCUT2D eigenvalue weighted by atomic mass is 10.2. The Labute approximate surface area is 135 Å². The van der Waals surface area contributed by atoms with E-state index in [4.69, 9.17) is 9.84 Å². The fourth-order valence-corrected chi connectivity index (χ4v) is 2.15. The number of pyridine rings is 1. The molecule has 0 amide bonds. The van der Waals surface area contributed by atoms with Gasteiger partial charge in [0, 0.05) is 26.1 Å². The molecule has 2 rings (SSSR count). The lowest BCUT2D eigenvalue weighted by Gasteiger charge is -2.14. The van der Waals surface area contributed by atoms with Gasteiger partial charge in [0.15, 0.2) is 0 Å². The first-order valence-electron chi connectivity index (χ1n) is 7.08. The number of aliphatic hydroxyl groups is 1. The molecular formula is C14H16F2N4O4. The zero-order chi connectivity index (χ0) is 17.9. The highest BCUT2D eigenvalue weighted by Gasteiger charge is 2.33. The van der Waals surface area contributed by atoms with Gasteiger partial charge < -0.3 is 9.84 Å². The second-order valence-electron chi connectivity index (χ2n) is 5.09. The van der Waals surface area contributed by atoms with Crippen LogP contribution in [0.25, 0.3) is 5.69 Å². The van der Waals surface area contributed by atoms with E-state index in [1.807, 2.05) is 0 Å². The average Bonchev–Trinajstić information content (AvgIpc) is 2.83. The van der Waals surface area contributed by atoms with Crippen LogP contribution in [-0.2, 0) is 5.92 Å². The quantitative estimate of drug-likeness (QED) is 0.471. The molecule has 0 bridgehead atoms. The van der Waals surface area contributed by atoms with Gasteiger partial charge in [0.05, 0.1) is 17.2 Å². The molecule has 0 spiro atoms. The summed E-state index contributed by atoms with van der Waals surface area (Å²) in [4.78, 5) is 14.2. The minimum atomic E-state index is -3.25. The number of aromatic nitrogens is 3. The lowest BCUT2D eigenvalue weighted by molar-refractivity contribution is -0.386. The summed E-state index contributed by atoms with van der Waals surface area (Å²) in [7, 11) is 0. The predicted molar refractivity (Wildman–Crippen MR) is 79.5 cm³/mol. The molecule has 0 unspecified atom stereocenters. The standard InChI is InChI=1S/C14H16F2N4O4/c1-9-11(20(22)23)13(24-8-4-7-21)18-19(9)10-5-3-6-17-12(10)14(2,15)16/h3,5-6,21H,4,7-8H2,1-2H3. The van der Waals surface area contributed by atoms with Crippen molar-refractivity contribution in [1.29, 1.82) is 0 Å². The number of hydrogen-bond acceptors (Lipinski definition) is 6. The molecule has 2 heterocycles. The molecule has 8 nitrogen and oxygen atoms in total. The van der Waals surface area contributed by atoms with E-state index in [2.05, 4.69) is 10.1 Å². The molecule has 0 atom stereocenters. The fraction of sp³-hybridized carbons (Fsp3) is 0.429. The van der Waals surface area contributed by atoms with E-state index in [1.54, 1.807) is 0 Å². The number of nitro groups is 1. The summed E-state index contributed by atoms with van der Waals surface area (Å²) in [5.41, 5.74) is -0.991. The second-order valence-corrected chi connectivity index (χ2v) is 5.09. The number of hydrogen-bond donors (Lipinski definition) is 1. The molecular weight excluding hydrogens is 326 g/mol. The second kappa shape index (κ2) is 6.87. The Kier molecular flexibility index (Phi) is 5.07. The molecule has 2 aromatic rings. The largest absolute Gasteiger partial charge is 0.472 e. The molecule has 0 fully saturated rings. The maximum Gasteiger partial charge on any atom is 0.353 e. The summed E-state index contributed by atoms with van der Waals surface area (Å²) >= 11 is 0. The maximum atomic E-state index is 13.8. The van der Waals surface area contributed by atoms with Gasteiger partial charge in [-0.05, 0) is 19.1 Å². The number of halogens is 2. The Morgan fingerprint density at radius 3 is 2.79 bits per heavy atom. The summed E-state index contributed by atoms with van der Waals surface area (Å²) in [5.74, 6) is -3.54. The molecule has 0 aliphatic carbocycles. The van der Waals surface area contributed by atoms with Gasteiger partial charge in [0.1, 0.15) is 11.4 Å². The monoisotopic (exact) mass is 342 g/mol. The van der Waals surface area contributed by atoms with Crippen LogP contribution < -0.4 is 4.74 Å². The molecule has 0 aliphatic heterocycles. The molecule has 0 saturated heterocycles. The van der Waals surface area contributed by atoms with Gasteiger partial charge in [0.25, 0.3) is 5.92 Å². The van der Waals surface area contributed by atoms with Gasteiger partial charge >= 0.3 is 11.6 Å². The van der Waals surface area contributed by atoms with Gasteiger partial charge in [-0.3, -0.25) is 15.1 Å².